The van der Waals surface area contributed by atoms with Crippen molar-refractivity contribution in [2.45, 2.75) is 19.4 Å². The van der Waals surface area contributed by atoms with Crippen molar-refractivity contribution in [1.82, 2.24) is 0 Å². The Balaban J connectivity index is 2.17. The minimum Gasteiger partial charge on any atom is -0.388 e. The molecule has 0 spiro atoms. The zero-order valence-electron chi connectivity index (χ0n) is 8.98. The van der Waals surface area contributed by atoms with Gasteiger partial charge in [0.25, 0.3) is 0 Å². The van der Waals surface area contributed by atoms with Crippen LogP contribution in [-0.2, 0) is 6.42 Å². The number of aryl methyl sites for hydroxylation is 1. The van der Waals surface area contributed by atoms with Gasteiger partial charge in [0.05, 0.1) is 6.10 Å². The van der Waals surface area contributed by atoms with Crippen molar-refractivity contribution in [2.75, 3.05) is 0 Å². The number of halogens is 1. The third-order valence-electron chi connectivity index (χ3n) is 2.42. The maximum atomic E-state index is 10.1. The Bertz CT molecular complexity index is 445. The molecule has 2 aromatic rings. The van der Waals surface area contributed by atoms with Crippen LogP contribution in [0, 0.1) is 6.92 Å². The van der Waals surface area contributed by atoms with Crippen LogP contribution in [0.25, 0.3) is 0 Å². The highest BCUT2D eigenvalue weighted by atomic mass is 79.9. The molecule has 84 valence electrons. The van der Waals surface area contributed by atoms with E-state index in [1.807, 2.05) is 36.6 Å². The lowest BCUT2D eigenvalue weighted by atomic mass is 10.0. The number of benzene rings is 1. The van der Waals surface area contributed by atoms with Gasteiger partial charge in [-0.3, -0.25) is 0 Å². The fourth-order valence-electron chi connectivity index (χ4n) is 1.69. The minimum absolute atomic E-state index is 0.421. The van der Waals surface area contributed by atoms with Gasteiger partial charge < -0.3 is 5.11 Å². The SMILES string of the molecule is Cc1cc(Br)cc(C(O)Cc2cccs2)c1. The Morgan fingerprint density at radius 3 is 2.81 bits per heavy atom. The Morgan fingerprint density at radius 2 is 2.19 bits per heavy atom. The predicted molar refractivity (Wildman–Crippen MR) is 71.9 cm³/mol. The molecule has 1 aromatic carbocycles. The molecule has 0 aliphatic heterocycles. The summed E-state index contributed by atoms with van der Waals surface area (Å²) >= 11 is 5.13. The fraction of sp³-hybridized carbons (Fsp3) is 0.231. The summed E-state index contributed by atoms with van der Waals surface area (Å²) < 4.78 is 1.02. The molecule has 0 aliphatic rings. The lowest BCUT2D eigenvalue weighted by molar-refractivity contribution is 0.179. The highest BCUT2D eigenvalue weighted by Crippen LogP contribution is 2.24. The predicted octanol–water partition coefficient (Wildman–Crippen LogP) is 4.10. The number of thiophene rings is 1. The Kier molecular flexibility index (Phi) is 3.79. The monoisotopic (exact) mass is 296 g/mol. The summed E-state index contributed by atoms with van der Waals surface area (Å²) in [6, 6.07) is 10.1. The van der Waals surface area contributed by atoms with Crippen LogP contribution in [0.5, 0.6) is 0 Å². The van der Waals surface area contributed by atoms with Crippen molar-refractivity contribution in [2.24, 2.45) is 0 Å². The van der Waals surface area contributed by atoms with Crippen LogP contribution in [0.1, 0.15) is 22.1 Å². The van der Waals surface area contributed by atoms with Gasteiger partial charge in [0, 0.05) is 15.8 Å². The standard InChI is InChI=1S/C13H13BrOS/c1-9-5-10(7-11(14)6-9)13(15)8-12-3-2-4-16-12/h2-7,13,15H,8H2,1H3. The lowest BCUT2D eigenvalue weighted by Gasteiger charge is -2.11. The van der Waals surface area contributed by atoms with Crippen LogP contribution in [0.3, 0.4) is 0 Å². The van der Waals surface area contributed by atoms with Gasteiger partial charge in [-0.2, -0.15) is 0 Å². The summed E-state index contributed by atoms with van der Waals surface area (Å²) in [7, 11) is 0. The summed E-state index contributed by atoms with van der Waals surface area (Å²) in [5.41, 5.74) is 2.13. The number of rotatable bonds is 3. The van der Waals surface area contributed by atoms with E-state index in [0.29, 0.717) is 6.42 Å². The molecule has 0 radical (unpaired) electrons. The van der Waals surface area contributed by atoms with Gasteiger partial charge >= 0.3 is 0 Å². The van der Waals surface area contributed by atoms with E-state index in [1.54, 1.807) is 11.3 Å². The normalized spacial score (nSPS) is 12.7. The molecule has 16 heavy (non-hydrogen) atoms. The van der Waals surface area contributed by atoms with E-state index in [2.05, 4.69) is 22.0 Å². The summed E-state index contributed by atoms with van der Waals surface area (Å²) in [4.78, 5) is 1.21. The van der Waals surface area contributed by atoms with E-state index in [0.717, 1.165) is 15.6 Å². The highest BCUT2D eigenvalue weighted by Gasteiger charge is 2.10. The minimum atomic E-state index is -0.421. The molecule has 1 N–H and O–H groups in total. The van der Waals surface area contributed by atoms with Gasteiger partial charge in [-0.25, -0.2) is 0 Å². The molecule has 0 aliphatic carbocycles. The van der Waals surface area contributed by atoms with Crippen LogP contribution in [0.2, 0.25) is 0 Å². The average molecular weight is 297 g/mol. The maximum absolute atomic E-state index is 10.1. The first kappa shape index (κ1) is 11.8. The van der Waals surface area contributed by atoms with Crippen molar-refractivity contribution in [3.63, 3.8) is 0 Å². The molecular formula is C13H13BrOS. The van der Waals surface area contributed by atoms with E-state index < -0.39 is 6.10 Å². The second-order valence-electron chi connectivity index (χ2n) is 3.86. The second-order valence-corrected chi connectivity index (χ2v) is 5.81. The smallest absolute Gasteiger partial charge is 0.0838 e. The van der Waals surface area contributed by atoms with E-state index in [9.17, 15) is 5.11 Å². The largest absolute Gasteiger partial charge is 0.388 e. The van der Waals surface area contributed by atoms with Gasteiger partial charge in [0.15, 0.2) is 0 Å². The molecule has 1 atom stereocenters. The fourth-order valence-corrected chi connectivity index (χ4v) is 3.06. The first-order valence-corrected chi connectivity index (χ1v) is 6.80. The molecule has 1 unspecified atom stereocenters. The first-order valence-electron chi connectivity index (χ1n) is 5.12. The number of aliphatic hydroxyl groups is 1. The molecule has 0 fully saturated rings. The molecule has 1 heterocycles. The van der Waals surface area contributed by atoms with Crippen LogP contribution < -0.4 is 0 Å². The molecule has 3 heteroatoms. The molecule has 1 aromatic heterocycles. The molecular weight excluding hydrogens is 284 g/mol. The number of hydrogen-bond acceptors (Lipinski definition) is 2. The van der Waals surface area contributed by atoms with Crippen LogP contribution >= 0.6 is 27.3 Å². The van der Waals surface area contributed by atoms with E-state index in [1.165, 1.54) is 4.88 Å². The average Bonchev–Trinajstić information content (AvgIpc) is 2.68. The van der Waals surface area contributed by atoms with Crippen LogP contribution in [0.15, 0.2) is 40.2 Å². The van der Waals surface area contributed by atoms with Crippen molar-refractivity contribution in [3.8, 4) is 0 Å². The molecule has 2 rings (SSSR count). The summed E-state index contributed by atoms with van der Waals surface area (Å²) in [5, 5.41) is 12.2. The van der Waals surface area contributed by atoms with E-state index in [4.69, 9.17) is 0 Å². The molecule has 0 saturated carbocycles. The van der Waals surface area contributed by atoms with Gasteiger partial charge in [0.2, 0.25) is 0 Å². The Morgan fingerprint density at radius 1 is 1.38 bits per heavy atom. The van der Waals surface area contributed by atoms with Gasteiger partial charge in [-0.05, 0) is 41.6 Å². The quantitative estimate of drug-likeness (QED) is 0.904. The molecule has 0 bridgehead atoms. The molecule has 0 saturated heterocycles. The molecule has 0 amide bonds. The zero-order chi connectivity index (χ0) is 11.5. The summed E-state index contributed by atoms with van der Waals surface area (Å²) in [5.74, 6) is 0. The Hall–Kier alpha value is -0.640. The van der Waals surface area contributed by atoms with Gasteiger partial charge in [-0.1, -0.05) is 28.1 Å². The van der Waals surface area contributed by atoms with Crippen molar-refractivity contribution < 1.29 is 5.11 Å². The Labute approximate surface area is 108 Å². The zero-order valence-corrected chi connectivity index (χ0v) is 11.4. The number of aliphatic hydroxyl groups excluding tert-OH is 1. The topological polar surface area (TPSA) is 20.2 Å². The van der Waals surface area contributed by atoms with Crippen molar-refractivity contribution in [3.05, 3.63) is 56.2 Å². The molecule has 1 nitrogen and oxygen atoms in total. The van der Waals surface area contributed by atoms with Gasteiger partial charge in [0.1, 0.15) is 0 Å². The third kappa shape index (κ3) is 2.94. The highest BCUT2D eigenvalue weighted by molar-refractivity contribution is 9.10. The van der Waals surface area contributed by atoms with Crippen molar-refractivity contribution >= 4 is 27.3 Å². The first-order chi connectivity index (χ1) is 7.65. The van der Waals surface area contributed by atoms with E-state index >= 15 is 0 Å². The lowest BCUT2D eigenvalue weighted by Crippen LogP contribution is -2.00. The second kappa shape index (κ2) is 5.13. The van der Waals surface area contributed by atoms with E-state index in [-0.39, 0.29) is 0 Å². The van der Waals surface area contributed by atoms with Gasteiger partial charge in [-0.15, -0.1) is 11.3 Å². The van der Waals surface area contributed by atoms with Crippen molar-refractivity contribution in [1.29, 1.82) is 0 Å². The summed E-state index contributed by atoms with van der Waals surface area (Å²) in [6.45, 7) is 2.03. The number of hydrogen-bond donors (Lipinski definition) is 1. The maximum Gasteiger partial charge on any atom is 0.0838 e. The third-order valence-corrected chi connectivity index (χ3v) is 3.78. The van der Waals surface area contributed by atoms with Crippen LogP contribution in [0.4, 0.5) is 0 Å². The summed E-state index contributed by atoms with van der Waals surface area (Å²) in [6.07, 6.45) is 0.267. The van der Waals surface area contributed by atoms with Crippen LogP contribution in [-0.4, -0.2) is 5.11 Å².